The molecule has 1 aromatic heterocycles. The van der Waals surface area contributed by atoms with Crippen LogP contribution in [0.2, 0.25) is 0 Å². The van der Waals surface area contributed by atoms with Gasteiger partial charge in [0, 0.05) is 37.9 Å². The van der Waals surface area contributed by atoms with Gasteiger partial charge in [-0.25, -0.2) is 0 Å². The molecule has 1 atom stereocenters. The van der Waals surface area contributed by atoms with Crippen LogP contribution in [-0.4, -0.2) is 35.1 Å². The number of hydrogen-bond donors (Lipinski definition) is 1. The minimum Gasteiger partial charge on any atom is -0.310 e. The highest BCUT2D eigenvalue weighted by Gasteiger charge is 2.22. The summed E-state index contributed by atoms with van der Waals surface area (Å²) < 4.78 is 0. The summed E-state index contributed by atoms with van der Waals surface area (Å²) in [5.41, 5.74) is 1.17. The van der Waals surface area contributed by atoms with Crippen LogP contribution in [0.3, 0.4) is 0 Å². The van der Waals surface area contributed by atoms with Gasteiger partial charge in [0.05, 0.1) is 5.69 Å². The van der Waals surface area contributed by atoms with Crippen molar-refractivity contribution in [2.75, 3.05) is 13.1 Å². The van der Waals surface area contributed by atoms with Crippen molar-refractivity contribution < 1.29 is 0 Å². The van der Waals surface area contributed by atoms with Gasteiger partial charge >= 0.3 is 0 Å². The largest absolute Gasteiger partial charge is 0.310 e. The van der Waals surface area contributed by atoms with Crippen LogP contribution in [0.25, 0.3) is 0 Å². The van der Waals surface area contributed by atoms with E-state index < -0.39 is 0 Å². The van der Waals surface area contributed by atoms with E-state index in [4.69, 9.17) is 0 Å². The molecule has 0 aromatic carbocycles. The molecule has 0 amide bonds. The van der Waals surface area contributed by atoms with Crippen LogP contribution in [-0.2, 0) is 6.54 Å². The highest BCUT2D eigenvalue weighted by atomic mass is 15.2. The van der Waals surface area contributed by atoms with E-state index >= 15 is 0 Å². The van der Waals surface area contributed by atoms with Crippen LogP contribution < -0.4 is 5.32 Å². The summed E-state index contributed by atoms with van der Waals surface area (Å²) in [6, 6.07) is 7.37. The molecular formula is C13H21N3. The van der Waals surface area contributed by atoms with Gasteiger partial charge in [-0.05, 0) is 18.6 Å². The summed E-state index contributed by atoms with van der Waals surface area (Å²) in [4.78, 5) is 6.84. The van der Waals surface area contributed by atoms with Crippen molar-refractivity contribution in [3.63, 3.8) is 0 Å². The number of nitrogens with one attached hydrogen (secondary N) is 1. The second kappa shape index (κ2) is 5.41. The molecule has 1 saturated heterocycles. The van der Waals surface area contributed by atoms with Gasteiger partial charge in [-0.1, -0.05) is 19.9 Å². The maximum atomic E-state index is 4.37. The molecule has 1 aromatic rings. The Balaban J connectivity index is 1.81. The fraction of sp³-hybridized carbons (Fsp3) is 0.615. The van der Waals surface area contributed by atoms with Crippen LogP contribution in [0.5, 0.6) is 0 Å². The molecular weight excluding hydrogens is 198 g/mol. The molecule has 0 radical (unpaired) electrons. The van der Waals surface area contributed by atoms with E-state index in [-0.39, 0.29) is 0 Å². The van der Waals surface area contributed by atoms with E-state index in [0.29, 0.717) is 12.1 Å². The lowest BCUT2D eigenvalue weighted by molar-refractivity contribution is 0.313. The fourth-order valence-electron chi connectivity index (χ4n) is 2.30. The molecule has 1 aliphatic rings. The number of rotatable bonds is 4. The molecule has 0 aliphatic carbocycles. The van der Waals surface area contributed by atoms with Crippen molar-refractivity contribution in [3.05, 3.63) is 30.1 Å². The van der Waals surface area contributed by atoms with Crippen molar-refractivity contribution in [1.29, 1.82) is 0 Å². The van der Waals surface area contributed by atoms with Gasteiger partial charge in [0.15, 0.2) is 0 Å². The Bertz CT molecular complexity index is 310. The summed E-state index contributed by atoms with van der Waals surface area (Å²) in [7, 11) is 0. The highest BCUT2D eigenvalue weighted by molar-refractivity contribution is 5.03. The van der Waals surface area contributed by atoms with E-state index in [9.17, 15) is 0 Å². The Morgan fingerprint density at radius 1 is 1.50 bits per heavy atom. The van der Waals surface area contributed by atoms with E-state index in [1.54, 1.807) is 0 Å². The van der Waals surface area contributed by atoms with Crippen LogP contribution >= 0.6 is 0 Å². The molecule has 0 bridgehead atoms. The van der Waals surface area contributed by atoms with Gasteiger partial charge in [-0.2, -0.15) is 0 Å². The van der Waals surface area contributed by atoms with Gasteiger partial charge in [0.2, 0.25) is 0 Å². The third-order valence-electron chi connectivity index (χ3n) is 2.95. The van der Waals surface area contributed by atoms with Crippen LogP contribution in [0.15, 0.2) is 24.4 Å². The molecule has 2 heterocycles. The maximum absolute atomic E-state index is 4.37. The van der Waals surface area contributed by atoms with Gasteiger partial charge in [0.1, 0.15) is 0 Å². The monoisotopic (exact) mass is 219 g/mol. The van der Waals surface area contributed by atoms with E-state index in [2.05, 4.69) is 41.2 Å². The van der Waals surface area contributed by atoms with E-state index in [1.807, 2.05) is 12.3 Å². The fourth-order valence-corrected chi connectivity index (χ4v) is 2.30. The van der Waals surface area contributed by atoms with Crippen molar-refractivity contribution in [3.8, 4) is 0 Å². The van der Waals surface area contributed by atoms with Crippen LogP contribution in [0.1, 0.15) is 26.0 Å². The predicted molar refractivity (Wildman–Crippen MR) is 66.2 cm³/mol. The van der Waals surface area contributed by atoms with Crippen molar-refractivity contribution in [1.82, 2.24) is 15.2 Å². The molecule has 3 nitrogen and oxygen atoms in total. The second-order valence-electron chi connectivity index (χ2n) is 4.86. The van der Waals surface area contributed by atoms with Gasteiger partial charge in [0.25, 0.3) is 0 Å². The first-order valence-electron chi connectivity index (χ1n) is 6.12. The molecule has 1 aliphatic heterocycles. The Kier molecular flexibility index (Phi) is 3.91. The van der Waals surface area contributed by atoms with Gasteiger partial charge in [-0.3, -0.25) is 9.88 Å². The SMILES string of the molecule is CC(C)NC1CCN(Cc2ccccn2)C1. The molecule has 88 valence electrons. The summed E-state index contributed by atoms with van der Waals surface area (Å²) in [6.07, 6.45) is 3.13. The second-order valence-corrected chi connectivity index (χ2v) is 4.86. The summed E-state index contributed by atoms with van der Waals surface area (Å²) in [6.45, 7) is 7.73. The van der Waals surface area contributed by atoms with Crippen LogP contribution in [0.4, 0.5) is 0 Å². The summed E-state index contributed by atoms with van der Waals surface area (Å²) in [5, 5.41) is 3.60. The zero-order valence-electron chi connectivity index (χ0n) is 10.2. The van der Waals surface area contributed by atoms with Crippen molar-refractivity contribution in [2.24, 2.45) is 0 Å². The average Bonchev–Trinajstić information content (AvgIpc) is 2.66. The molecule has 16 heavy (non-hydrogen) atoms. The first-order valence-corrected chi connectivity index (χ1v) is 6.12. The summed E-state index contributed by atoms with van der Waals surface area (Å²) >= 11 is 0. The molecule has 1 N–H and O–H groups in total. The normalized spacial score (nSPS) is 21.8. The molecule has 1 fully saturated rings. The zero-order chi connectivity index (χ0) is 11.4. The quantitative estimate of drug-likeness (QED) is 0.834. The molecule has 0 saturated carbocycles. The number of hydrogen-bond acceptors (Lipinski definition) is 3. The molecule has 2 rings (SSSR count). The number of aromatic nitrogens is 1. The Labute approximate surface area is 97.9 Å². The van der Waals surface area contributed by atoms with Crippen molar-refractivity contribution in [2.45, 2.75) is 38.9 Å². The Morgan fingerprint density at radius 3 is 3.06 bits per heavy atom. The van der Waals surface area contributed by atoms with E-state index in [1.165, 1.54) is 18.7 Å². The van der Waals surface area contributed by atoms with Crippen molar-refractivity contribution >= 4 is 0 Å². The highest BCUT2D eigenvalue weighted by Crippen LogP contribution is 2.12. The maximum Gasteiger partial charge on any atom is 0.0543 e. The van der Waals surface area contributed by atoms with E-state index in [0.717, 1.165) is 13.1 Å². The predicted octanol–water partition coefficient (Wildman–Crippen LogP) is 1.65. The molecule has 0 spiro atoms. The zero-order valence-corrected chi connectivity index (χ0v) is 10.2. The lowest BCUT2D eigenvalue weighted by atomic mass is 10.2. The smallest absolute Gasteiger partial charge is 0.0543 e. The Hall–Kier alpha value is -0.930. The first kappa shape index (κ1) is 11.6. The summed E-state index contributed by atoms with van der Waals surface area (Å²) in [5.74, 6) is 0. The molecule has 3 heteroatoms. The Morgan fingerprint density at radius 2 is 2.38 bits per heavy atom. The minimum atomic E-state index is 0.583. The third kappa shape index (κ3) is 3.29. The number of likely N-dealkylation sites (tertiary alicyclic amines) is 1. The van der Waals surface area contributed by atoms with Gasteiger partial charge in [-0.15, -0.1) is 0 Å². The lowest BCUT2D eigenvalue weighted by Crippen LogP contribution is -2.36. The minimum absolute atomic E-state index is 0.583. The topological polar surface area (TPSA) is 28.2 Å². The standard InChI is InChI=1S/C13H21N3/c1-11(2)15-13-6-8-16(10-13)9-12-5-3-4-7-14-12/h3-5,7,11,13,15H,6,8-10H2,1-2H3. The number of pyridine rings is 1. The number of nitrogens with zero attached hydrogens (tertiary/aromatic N) is 2. The van der Waals surface area contributed by atoms with Crippen LogP contribution in [0, 0.1) is 0 Å². The average molecular weight is 219 g/mol. The lowest BCUT2D eigenvalue weighted by Gasteiger charge is -2.17. The third-order valence-corrected chi connectivity index (χ3v) is 2.95. The molecule has 1 unspecified atom stereocenters. The first-order chi connectivity index (χ1) is 7.74. The van der Waals surface area contributed by atoms with Gasteiger partial charge < -0.3 is 5.32 Å².